The van der Waals surface area contributed by atoms with E-state index >= 15 is 0 Å². The summed E-state index contributed by atoms with van der Waals surface area (Å²) in [5.74, 6) is 1.08. The third-order valence-corrected chi connectivity index (χ3v) is 5.75. The molecule has 5 nitrogen and oxygen atoms in total. The van der Waals surface area contributed by atoms with Gasteiger partial charge < -0.3 is 4.90 Å². The predicted octanol–water partition coefficient (Wildman–Crippen LogP) is 2.55. The second-order valence-corrected chi connectivity index (χ2v) is 7.05. The van der Waals surface area contributed by atoms with E-state index in [2.05, 4.69) is 15.2 Å². The van der Waals surface area contributed by atoms with E-state index in [1.165, 1.54) is 38.5 Å². The van der Waals surface area contributed by atoms with Crippen LogP contribution in [0.1, 0.15) is 63.8 Å². The minimum atomic E-state index is 0.423. The minimum Gasteiger partial charge on any atom is -0.337 e. The van der Waals surface area contributed by atoms with Gasteiger partial charge in [-0.1, -0.05) is 18.1 Å². The van der Waals surface area contributed by atoms with Crippen molar-refractivity contribution in [2.75, 3.05) is 0 Å². The number of fused-ring (bicyclic) bond motifs is 2. The molecule has 1 aromatic rings. The topological polar surface area (TPSA) is 51.0 Å². The first-order valence-corrected chi connectivity index (χ1v) is 8.48. The highest BCUT2D eigenvalue weighted by Gasteiger charge is 2.44. The van der Waals surface area contributed by atoms with Gasteiger partial charge in [0, 0.05) is 24.7 Å². The maximum absolute atomic E-state index is 12.7. The molecular formula is C16H24N4O. The Labute approximate surface area is 125 Å². The highest BCUT2D eigenvalue weighted by molar-refractivity contribution is 5.77. The summed E-state index contributed by atoms with van der Waals surface area (Å²) in [6, 6.07) is 1.30. The zero-order chi connectivity index (χ0) is 14.2. The lowest BCUT2D eigenvalue weighted by Gasteiger charge is -2.39. The van der Waals surface area contributed by atoms with E-state index in [0.29, 0.717) is 30.0 Å². The molecule has 1 amide bonds. The van der Waals surface area contributed by atoms with E-state index in [4.69, 9.17) is 0 Å². The van der Waals surface area contributed by atoms with Crippen LogP contribution in [0, 0.1) is 5.92 Å². The molecule has 114 valence electrons. The summed E-state index contributed by atoms with van der Waals surface area (Å²) in [6.07, 6.45) is 14.1. The molecular weight excluding hydrogens is 264 g/mol. The lowest BCUT2D eigenvalue weighted by Crippen LogP contribution is -2.47. The van der Waals surface area contributed by atoms with Crippen molar-refractivity contribution in [1.82, 2.24) is 19.9 Å². The third kappa shape index (κ3) is 2.47. The Morgan fingerprint density at radius 2 is 1.76 bits per heavy atom. The lowest BCUT2D eigenvalue weighted by atomic mass is 9.95. The molecule has 3 aliphatic rings. The summed E-state index contributed by atoms with van der Waals surface area (Å²) in [4.78, 5) is 14.9. The van der Waals surface area contributed by atoms with Gasteiger partial charge in [0.05, 0.1) is 12.2 Å². The number of hydrogen-bond acceptors (Lipinski definition) is 3. The molecule has 3 heterocycles. The summed E-state index contributed by atoms with van der Waals surface area (Å²) in [5.41, 5.74) is 0. The van der Waals surface area contributed by atoms with E-state index in [1.807, 2.05) is 10.9 Å². The van der Waals surface area contributed by atoms with Crippen LogP contribution >= 0.6 is 0 Å². The van der Waals surface area contributed by atoms with Crippen LogP contribution in [0.4, 0.5) is 0 Å². The van der Waals surface area contributed by atoms with E-state index in [9.17, 15) is 4.79 Å². The number of aromatic nitrogens is 3. The lowest BCUT2D eigenvalue weighted by molar-refractivity contribution is -0.137. The SMILES string of the molecule is O=C(CC1CCCC1)N1C2CCC1CC(n1ccnn1)C2. The Hall–Kier alpha value is -1.39. The maximum Gasteiger partial charge on any atom is 0.223 e. The zero-order valence-corrected chi connectivity index (χ0v) is 12.5. The van der Waals surface area contributed by atoms with Gasteiger partial charge in [-0.2, -0.15) is 0 Å². The summed E-state index contributed by atoms with van der Waals surface area (Å²) in [5, 5.41) is 8.08. The molecule has 21 heavy (non-hydrogen) atoms. The van der Waals surface area contributed by atoms with Gasteiger partial charge in [-0.05, 0) is 44.4 Å². The van der Waals surface area contributed by atoms with Crippen LogP contribution in [0.2, 0.25) is 0 Å². The summed E-state index contributed by atoms with van der Waals surface area (Å²) in [6.45, 7) is 0. The second-order valence-electron chi connectivity index (χ2n) is 7.05. The number of carbonyl (C=O) groups excluding carboxylic acids is 1. The van der Waals surface area contributed by atoms with Crippen LogP contribution in [0.5, 0.6) is 0 Å². The second kappa shape index (κ2) is 5.43. The molecule has 2 bridgehead atoms. The first kappa shape index (κ1) is 13.3. The molecule has 1 saturated carbocycles. The van der Waals surface area contributed by atoms with Crippen LogP contribution in [-0.4, -0.2) is 37.9 Å². The van der Waals surface area contributed by atoms with Gasteiger partial charge in [0.25, 0.3) is 0 Å². The fourth-order valence-electron chi connectivity index (χ4n) is 4.75. The normalized spacial score (nSPS) is 32.8. The molecule has 0 radical (unpaired) electrons. The Morgan fingerprint density at radius 1 is 1.05 bits per heavy atom. The number of nitrogens with zero attached hydrogens (tertiary/aromatic N) is 4. The van der Waals surface area contributed by atoms with Crippen molar-refractivity contribution < 1.29 is 4.79 Å². The van der Waals surface area contributed by atoms with Crippen molar-refractivity contribution in [2.24, 2.45) is 5.92 Å². The number of piperidine rings is 1. The molecule has 0 aromatic carbocycles. The molecule has 2 atom stereocenters. The van der Waals surface area contributed by atoms with Gasteiger partial charge in [-0.15, -0.1) is 5.10 Å². The largest absolute Gasteiger partial charge is 0.337 e. The van der Waals surface area contributed by atoms with E-state index < -0.39 is 0 Å². The average molecular weight is 288 g/mol. The Morgan fingerprint density at radius 3 is 2.38 bits per heavy atom. The van der Waals surface area contributed by atoms with Gasteiger partial charge >= 0.3 is 0 Å². The molecule has 3 fully saturated rings. The van der Waals surface area contributed by atoms with Crippen molar-refractivity contribution in [1.29, 1.82) is 0 Å². The average Bonchev–Trinajstić information content (AvgIpc) is 3.20. The van der Waals surface area contributed by atoms with Crippen LogP contribution in [0.3, 0.4) is 0 Å². The monoisotopic (exact) mass is 288 g/mol. The molecule has 2 aliphatic heterocycles. The number of rotatable bonds is 3. The molecule has 0 spiro atoms. The first-order chi connectivity index (χ1) is 10.3. The molecule has 2 unspecified atom stereocenters. The highest BCUT2D eigenvalue weighted by atomic mass is 16.2. The van der Waals surface area contributed by atoms with Gasteiger partial charge in [0.15, 0.2) is 0 Å². The maximum atomic E-state index is 12.7. The smallest absolute Gasteiger partial charge is 0.223 e. The third-order valence-electron chi connectivity index (χ3n) is 5.75. The van der Waals surface area contributed by atoms with Crippen molar-refractivity contribution in [3.63, 3.8) is 0 Å². The molecule has 0 N–H and O–H groups in total. The fraction of sp³-hybridized carbons (Fsp3) is 0.812. The van der Waals surface area contributed by atoms with E-state index in [1.54, 1.807) is 6.20 Å². The number of hydrogen-bond donors (Lipinski definition) is 0. The fourth-order valence-corrected chi connectivity index (χ4v) is 4.75. The molecule has 1 aromatic heterocycles. The van der Waals surface area contributed by atoms with Crippen molar-refractivity contribution >= 4 is 5.91 Å². The first-order valence-electron chi connectivity index (χ1n) is 8.48. The predicted molar refractivity (Wildman–Crippen MR) is 78.5 cm³/mol. The van der Waals surface area contributed by atoms with Crippen molar-refractivity contribution in [2.45, 2.75) is 75.9 Å². The van der Waals surface area contributed by atoms with Gasteiger partial charge in [-0.25, -0.2) is 4.68 Å². The van der Waals surface area contributed by atoms with Gasteiger partial charge in [0.1, 0.15) is 0 Å². The molecule has 1 aliphatic carbocycles. The van der Waals surface area contributed by atoms with Crippen molar-refractivity contribution in [3.8, 4) is 0 Å². The summed E-state index contributed by atoms with van der Waals surface area (Å²) >= 11 is 0. The highest BCUT2D eigenvalue weighted by Crippen LogP contribution is 2.41. The zero-order valence-electron chi connectivity index (χ0n) is 12.5. The summed E-state index contributed by atoms with van der Waals surface area (Å²) < 4.78 is 1.99. The van der Waals surface area contributed by atoms with Crippen LogP contribution in [-0.2, 0) is 4.79 Å². The standard InChI is InChI=1S/C16H24N4O/c21-16(9-12-3-1-2-4-12)20-13-5-6-14(20)11-15(10-13)19-8-7-17-18-19/h7-8,12-15H,1-6,9-11H2. The van der Waals surface area contributed by atoms with Crippen LogP contribution in [0.25, 0.3) is 0 Å². The Balaban J connectivity index is 1.43. The van der Waals surface area contributed by atoms with Gasteiger partial charge in [0.2, 0.25) is 5.91 Å². The quantitative estimate of drug-likeness (QED) is 0.859. The molecule has 2 saturated heterocycles. The number of carbonyl (C=O) groups is 1. The number of amides is 1. The van der Waals surface area contributed by atoms with Crippen LogP contribution in [0.15, 0.2) is 12.4 Å². The molecule has 4 rings (SSSR count). The van der Waals surface area contributed by atoms with Gasteiger partial charge in [-0.3, -0.25) is 4.79 Å². The van der Waals surface area contributed by atoms with Crippen molar-refractivity contribution in [3.05, 3.63) is 12.4 Å². The van der Waals surface area contributed by atoms with E-state index in [-0.39, 0.29) is 0 Å². The minimum absolute atomic E-state index is 0.423. The molecule has 5 heteroatoms. The Bertz CT molecular complexity index is 480. The van der Waals surface area contributed by atoms with Crippen LogP contribution < -0.4 is 0 Å². The van der Waals surface area contributed by atoms with E-state index in [0.717, 1.165) is 19.3 Å². The summed E-state index contributed by atoms with van der Waals surface area (Å²) in [7, 11) is 0. The Kier molecular flexibility index (Phi) is 3.43.